The van der Waals surface area contributed by atoms with Crippen LogP contribution in [0.2, 0.25) is 5.02 Å². The number of aromatic nitrogens is 7. The minimum Gasteiger partial charge on any atom is -0.405 e. The van der Waals surface area contributed by atoms with E-state index in [-0.39, 0.29) is 45.6 Å². The Morgan fingerprint density at radius 3 is 2.37 bits per heavy atom. The second kappa shape index (κ2) is 14.4. The number of alkyl halides is 8. The molecule has 51 heavy (non-hydrogen) atoms. The van der Waals surface area contributed by atoms with Crippen molar-refractivity contribution in [3.05, 3.63) is 103 Å². The maximum Gasteiger partial charge on any atom is 0.573 e. The van der Waals surface area contributed by atoms with Crippen LogP contribution in [-0.4, -0.2) is 59.3 Å². The fraction of sp³-hybridized carbons (Fsp3) is 0.207. The number of halogens is 10. The Morgan fingerprint density at radius 2 is 1.69 bits per heavy atom. The molecule has 2 N–H and O–H groups in total. The van der Waals surface area contributed by atoms with Gasteiger partial charge in [-0.1, -0.05) is 29.8 Å². The summed E-state index contributed by atoms with van der Waals surface area (Å²) >= 11 is 8.22. The van der Waals surface area contributed by atoms with E-state index >= 15 is 0 Å². The fourth-order valence-electron chi connectivity index (χ4n) is 4.48. The van der Waals surface area contributed by atoms with Crippen LogP contribution in [0.3, 0.4) is 0 Å². The summed E-state index contributed by atoms with van der Waals surface area (Å²) in [7, 11) is 0. The average molecular weight is 856 g/mol. The number of hydrogen-bond donors (Lipinski definition) is 2. The number of tetrazole rings is 1. The van der Waals surface area contributed by atoms with E-state index in [1.807, 2.05) is 22.6 Å². The maximum atomic E-state index is 13.8. The number of ether oxygens (including phenoxy) is 1. The Labute approximate surface area is 299 Å². The number of benzene rings is 2. The first-order valence-electron chi connectivity index (χ1n) is 14.0. The summed E-state index contributed by atoms with van der Waals surface area (Å²) in [6.45, 7) is 0.558. The highest BCUT2D eigenvalue weighted by atomic mass is 127. The van der Waals surface area contributed by atoms with Crippen molar-refractivity contribution < 1.29 is 49.4 Å². The number of carbonyl (C=O) groups excluding carboxylic acids is 2. The third-order valence-electron chi connectivity index (χ3n) is 6.75. The van der Waals surface area contributed by atoms with Crippen LogP contribution in [0.25, 0.3) is 5.82 Å². The summed E-state index contributed by atoms with van der Waals surface area (Å²) in [5.41, 5.74) is -0.0818. The van der Waals surface area contributed by atoms with Gasteiger partial charge >= 0.3 is 18.5 Å². The SMILES string of the molecule is Cc1cc(I)cc(C(=O)NCc2ccccc2OC(F)(F)F)c1NC(=O)c1cc(Cn2nnc(C(F)(F)C(F)(F)F)n2)nn1-c1ncccc1Cl. The largest absolute Gasteiger partial charge is 0.573 e. The van der Waals surface area contributed by atoms with E-state index < -0.39 is 48.4 Å². The van der Waals surface area contributed by atoms with Crippen molar-refractivity contribution in [1.29, 1.82) is 0 Å². The van der Waals surface area contributed by atoms with Gasteiger partial charge in [0.2, 0.25) is 0 Å². The Kier molecular flexibility index (Phi) is 10.5. The second-order valence-electron chi connectivity index (χ2n) is 10.4. The lowest BCUT2D eigenvalue weighted by Crippen LogP contribution is -2.35. The number of para-hydroxylation sites is 1. The molecule has 0 unspecified atom stereocenters. The molecule has 2 amide bonds. The van der Waals surface area contributed by atoms with Gasteiger partial charge in [-0.05, 0) is 76.7 Å². The van der Waals surface area contributed by atoms with Crippen LogP contribution in [0.1, 0.15) is 43.5 Å². The molecule has 0 spiro atoms. The summed E-state index contributed by atoms with van der Waals surface area (Å²) in [5, 5.41) is 18.5. The quantitative estimate of drug-likeness (QED) is 0.118. The molecule has 3 heterocycles. The van der Waals surface area contributed by atoms with Crippen molar-refractivity contribution in [2.75, 3.05) is 5.32 Å². The average Bonchev–Trinajstić information content (AvgIpc) is 3.68. The predicted molar refractivity (Wildman–Crippen MR) is 169 cm³/mol. The number of rotatable bonds is 10. The molecule has 5 rings (SSSR count). The van der Waals surface area contributed by atoms with Gasteiger partial charge in [0.05, 0.1) is 22.0 Å². The lowest BCUT2D eigenvalue weighted by atomic mass is 10.1. The number of nitrogens with zero attached hydrogens (tertiary/aromatic N) is 7. The van der Waals surface area contributed by atoms with E-state index in [1.54, 1.807) is 13.0 Å². The number of hydrogen-bond acceptors (Lipinski definition) is 8. The predicted octanol–water partition coefficient (Wildman–Crippen LogP) is 6.60. The summed E-state index contributed by atoms with van der Waals surface area (Å²) in [4.78, 5) is 31.8. The molecule has 268 valence electrons. The molecule has 0 aliphatic heterocycles. The molecule has 0 saturated heterocycles. The number of pyridine rings is 1. The van der Waals surface area contributed by atoms with Crippen molar-refractivity contribution in [2.24, 2.45) is 0 Å². The highest BCUT2D eigenvalue weighted by Crippen LogP contribution is 2.42. The van der Waals surface area contributed by atoms with Crippen molar-refractivity contribution in [3.63, 3.8) is 0 Å². The van der Waals surface area contributed by atoms with Crippen LogP contribution in [0.5, 0.6) is 5.75 Å². The highest BCUT2D eigenvalue weighted by molar-refractivity contribution is 14.1. The van der Waals surface area contributed by atoms with Crippen LogP contribution in [0, 0.1) is 10.5 Å². The molecular formula is C29H19ClF8IN9O3. The molecule has 0 aliphatic carbocycles. The highest BCUT2D eigenvalue weighted by Gasteiger charge is 2.62. The third-order valence-corrected chi connectivity index (χ3v) is 7.66. The third kappa shape index (κ3) is 8.52. The molecule has 0 atom stereocenters. The van der Waals surface area contributed by atoms with E-state index in [2.05, 4.69) is 40.9 Å². The smallest absolute Gasteiger partial charge is 0.405 e. The Hall–Kier alpha value is -4.93. The molecule has 0 fully saturated rings. The zero-order valence-corrected chi connectivity index (χ0v) is 28.2. The molecule has 2 aromatic carbocycles. The molecule has 3 aromatic heterocycles. The maximum absolute atomic E-state index is 13.8. The second-order valence-corrected chi connectivity index (χ2v) is 12.0. The van der Waals surface area contributed by atoms with Crippen LogP contribution in [-0.2, 0) is 19.0 Å². The van der Waals surface area contributed by atoms with Crippen LogP contribution in [0.15, 0.2) is 60.8 Å². The summed E-state index contributed by atoms with van der Waals surface area (Å²) in [6, 6.07) is 12.2. The minimum absolute atomic E-state index is 0.00359. The topological polar surface area (TPSA) is 142 Å². The van der Waals surface area contributed by atoms with Gasteiger partial charge in [0.25, 0.3) is 17.6 Å². The van der Waals surface area contributed by atoms with Gasteiger partial charge in [-0.2, -0.15) is 31.8 Å². The number of aryl methyl sites for hydroxylation is 1. The van der Waals surface area contributed by atoms with Crippen molar-refractivity contribution in [2.45, 2.75) is 38.5 Å². The monoisotopic (exact) mass is 855 g/mol. The standard InChI is InChI=1S/C29H19ClF8IN9O3/c1-14-9-16(39)10-18(24(49)41-12-15-5-2-3-7-21(15)51-29(36,37)38)22(14)42-25(50)20-11-17(44-48(20)23-19(30)6-4-8-40-23)13-47-45-26(43-46-47)27(31,32)28(33,34)35/h2-11H,12-13H2,1H3,(H,41,49)(H,42,50). The van der Waals surface area contributed by atoms with Gasteiger partial charge in [-0.15, -0.1) is 23.4 Å². The summed E-state index contributed by atoms with van der Waals surface area (Å²) < 4.78 is 110. The molecule has 5 aromatic rings. The lowest BCUT2D eigenvalue weighted by Gasteiger charge is -2.17. The number of anilines is 1. The molecule has 0 bridgehead atoms. The van der Waals surface area contributed by atoms with Crippen LogP contribution < -0.4 is 15.4 Å². The van der Waals surface area contributed by atoms with Crippen molar-refractivity contribution in [3.8, 4) is 11.6 Å². The van der Waals surface area contributed by atoms with E-state index in [4.69, 9.17) is 11.6 Å². The molecule has 22 heteroatoms. The normalized spacial score (nSPS) is 12.1. The Morgan fingerprint density at radius 1 is 0.961 bits per heavy atom. The zero-order valence-electron chi connectivity index (χ0n) is 25.3. The summed E-state index contributed by atoms with van der Waals surface area (Å²) in [5.74, 6) is -9.60. The van der Waals surface area contributed by atoms with Crippen molar-refractivity contribution >= 4 is 51.7 Å². The van der Waals surface area contributed by atoms with E-state index in [0.717, 1.165) is 16.8 Å². The first-order valence-corrected chi connectivity index (χ1v) is 15.5. The van der Waals surface area contributed by atoms with Crippen LogP contribution in [0.4, 0.5) is 40.8 Å². The molecule has 0 saturated carbocycles. The van der Waals surface area contributed by atoms with Crippen molar-refractivity contribution in [1.82, 2.24) is 40.3 Å². The van der Waals surface area contributed by atoms with Gasteiger partial charge in [-0.25, -0.2) is 9.67 Å². The van der Waals surface area contributed by atoms with E-state index in [9.17, 15) is 44.7 Å². The van der Waals surface area contributed by atoms with E-state index in [1.165, 1.54) is 42.6 Å². The molecular weight excluding hydrogens is 837 g/mol. The number of nitrogens with one attached hydrogen (secondary N) is 2. The van der Waals surface area contributed by atoms with Crippen LogP contribution >= 0.6 is 34.2 Å². The molecule has 0 radical (unpaired) electrons. The number of carbonyl (C=O) groups is 2. The first kappa shape index (κ1) is 37.3. The Bertz CT molecular complexity index is 2100. The fourth-order valence-corrected chi connectivity index (χ4v) is 5.46. The Balaban J connectivity index is 1.45. The summed E-state index contributed by atoms with van der Waals surface area (Å²) in [6.07, 6.45) is -9.65. The first-order chi connectivity index (χ1) is 23.8. The molecule has 0 aliphatic rings. The minimum atomic E-state index is -5.99. The van der Waals surface area contributed by atoms with Gasteiger partial charge < -0.3 is 15.4 Å². The van der Waals surface area contributed by atoms with E-state index in [0.29, 0.717) is 13.9 Å². The van der Waals surface area contributed by atoms with Gasteiger partial charge in [0, 0.05) is 21.9 Å². The van der Waals surface area contributed by atoms with Gasteiger partial charge in [-0.3, -0.25) is 9.59 Å². The zero-order chi connectivity index (χ0) is 37.3. The van der Waals surface area contributed by atoms with Gasteiger partial charge in [0.15, 0.2) is 5.82 Å². The lowest BCUT2D eigenvalue weighted by molar-refractivity contribution is -0.292. The number of amides is 2. The van der Waals surface area contributed by atoms with Gasteiger partial charge in [0.1, 0.15) is 18.0 Å². The molecule has 12 nitrogen and oxygen atoms in total.